The summed E-state index contributed by atoms with van der Waals surface area (Å²) in [6, 6.07) is 3.68. The predicted octanol–water partition coefficient (Wildman–Crippen LogP) is 1.04. The zero-order valence-electron chi connectivity index (χ0n) is 9.25. The van der Waals surface area contributed by atoms with E-state index < -0.39 is 4.92 Å². The van der Waals surface area contributed by atoms with Gasteiger partial charge in [-0.1, -0.05) is 6.07 Å². The lowest BCUT2D eigenvalue weighted by molar-refractivity contribution is -0.463. The van der Waals surface area contributed by atoms with Gasteiger partial charge in [0.15, 0.2) is 5.84 Å². The molecule has 86 valence electrons. The van der Waals surface area contributed by atoms with Gasteiger partial charge in [0, 0.05) is 24.4 Å². The molecule has 1 rings (SSSR count). The largest absolute Gasteiger partial charge is 0.362 e. The van der Waals surface area contributed by atoms with Crippen LogP contribution in [0.5, 0.6) is 0 Å². The fraction of sp³-hybridized carbons (Fsp3) is 0.400. The quantitative estimate of drug-likeness (QED) is 0.357. The van der Waals surface area contributed by atoms with Gasteiger partial charge in [-0.2, -0.15) is 0 Å². The van der Waals surface area contributed by atoms with Gasteiger partial charge < -0.3 is 5.32 Å². The lowest BCUT2D eigenvalue weighted by Gasteiger charge is -2.14. The van der Waals surface area contributed by atoms with Crippen LogP contribution in [0.3, 0.4) is 0 Å². The van der Waals surface area contributed by atoms with Gasteiger partial charge in [0.05, 0.1) is 6.04 Å². The van der Waals surface area contributed by atoms with Gasteiger partial charge >= 0.3 is 0 Å². The van der Waals surface area contributed by atoms with E-state index in [9.17, 15) is 10.1 Å². The van der Waals surface area contributed by atoms with Crippen LogP contribution in [-0.2, 0) is 0 Å². The van der Waals surface area contributed by atoms with Crippen molar-refractivity contribution in [3.05, 3.63) is 40.2 Å². The monoisotopic (exact) mass is 222 g/mol. The minimum Gasteiger partial charge on any atom is -0.362 e. The summed E-state index contributed by atoms with van der Waals surface area (Å²) in [5.41, 5.74) is 0.965. The highest BCUT2D eigenvalue weighted by Gasteiger charge is 2.11. The lowest BCUT2D eigenvalue weighted by atomic mass is 10.1. The molecular formula is C10H14N4O2. The van der Waals surface area contributed by atoms with Crippen LogP contribution >= 0.6 is 0 Å². The first-order valence-corrected chi connectivity index (χ1v) is 4.87. The van der Waals surface area contributed by atoms with E-state index in [2.05, 4.69) is 15.3 Å². The molecule has 1 aromatic rings. The number of pyridine rings is 1. The number of hydrogen-bond acceptors (Lipinski definition) is 4. The summed E-state index contributed by atoms with van der Waals surface area (Å²) >= 11 is 0. The molecule has 0 spiro atoms. The number of aromatic nitrogens is 1. The van der Waals surface area contributed by atoms with Crippen LogP contribution in [0, 0.1) is 10.1 Å². The summed E-state index contributed by atoms with van der Waals surface area (Å²) in [5, 5.41) is 13.3. The molecule has 6 heteroatoms. The number of rotatable bonds is 4. The van der Waals surface area contributed by atoms with Gasteiger partial charge in [-0.05, 0) is 18.6 Å². The molecular weight excluding hydrogens is 208 g/mol. The second kappa shape index (κ2) is 5.79. The number of aliphatic imine (C=N–C) groups is 1. The van der Waals surface area contributed by atoms with Crippen LogP contribution in [0.15, 0.2) is 29.5 Å². The Balaban J connectivity index is 2.63. The minimum atomic E-state index is -0.411. The van der Waals surface area contributed by atoms with Crippen molar-refractivity contribution in [2.45, 2.75) is 13.0 Å². The summed E-state index contributed by atoms with van der Waals surface area (Å²) in [6.45, 7) is 1.61. The van der Waals surface area contributed by atoms with Crippen molar-refractivity contribution in [2.24, 2.45) is 4.99 Å². The molecule has 0 bridgehead atoms. The average Bonchev–Trinajstić information content (AvgIpc) is 2.28. The van der Waals surface area contributed by atoms with E-state index >= 15 is 0 Å². The van der Waals surface area contributed by atoms with Crippen LogP contribution in [0.2, 0.25) is 0 Å². The molecule has 0 aliphatic carbocycles. The smallest absolute Gasteiger partial charge is 0.259 e. The third kappa shape index (κ3) is 3.64. The second-order valence-electron chi connectivity index (χ2n) is 3.31. The van der Waals surface area contributed by atoms with Gasteiger partial charge in [-0.15, -0.1) is 0 Å². The molecule has 0 fully saturated rings. The Labute approximate surface area is 93.6 Å². The highest BCUT2D eigenvalue weighted by Crippen LogP contribution is 2.09. The molecule has 0 aliphatic rings. The fourth-order valence-corrected chi connectivity index (χ4v) is 1.27. The topological polar surface area (TPSA) is 80.4 Å². The molecule has 0 radical (unpaired) electrons. The molecule has 1 aromatic heterocycles. The lowest BCUT2D eigenvalue weighted by Crippen LogP contribution is -2.32. The summed E-state index contributed by atoms with van der Waals surface area (Å²) < 4.78 is 0. The van der Waals surface area contributed by atoms with Crippen molar-refractivity contribution in [3.63, 3.8) is 0 Å². The van der Waals surface area contributed by atoms with Crippen LogP contribution in [0.25, 0.3) is 0 Å². The molecule has 0 amide bonds. The zero-order chi connectivity index (χ0) is 12.0. The van der Waals surface area contributed by atoms with Gasteiger partial charge in [0.25, 0.3) is 6.54 Å². The van der Waals surface area contributed by atoms with Gasteiger partial charge in [-0.25, -0.2) is 0 Å². The van der Waals surface area contributed by atoms with Crippen molar-refractivity contribution < 1.29 is 4.92 Å². The zero-order valence-corrected chi connectivity index (χ0v) is 9.25. The summed E-state index contributed by atoms with van der Waals surface area (Å²) in [7, 11) is 1.53. The van der Waals surface area contributed by atoms with E-state index in [4.69, 9.17) is 0 Å². The Hall–Kier alpha value is -1.98. The SMILES string of the molecule is CN=C(C[N+](=O)[O-])NC(C)c1cccnc1. The number of amidine groups is 1. The molecule has 0 saturated carbocycles. The predicted molar refractivity (Wildman–Crippen MR) is 61.0 cm³/mol. The van der Waals surface area contributed by atoms with Crippen molar-refractivity contribution in [2.75, 3.05) is 13.6 Å². The second-order valence-corrected chi connectivity index (χ2v) is 3.31. The van der Waals surface area contributed by atoms with E-state index in [1.54, 1.807) is 12.4 Å². The molecule has 0 aliphatic heterocycles. The molecule has 0 saturated heterocycles. The average molecular weight is 222 g/mol. The van der Waals surface area contributed by atoms with E-state index in [0.717, 1.165) is 5.56 Å². The Morgan fingerprint density at radius 1 is 1.75 bits per heavy atom. The van der Waals surface area contributed by atoms with Crippen LogP contribution in [0.1, 0.15) is 18.5 Å². The standard InChI is InChI=1S/C10H14N4O2/c1-8(9-4-3-5-12-6-9)13-10(11-2)7-14(15)16/h3-6,8H,7H2,1-2H3,(H,11,13). The highest BCUT2D eigenvalue weighted by atomic mass is 16.6. The minimum absolute atomic E-state index is 0.0488. The third-order valence-electron chi connectivity index (χ3n) is 2.12. The van der Waals surface area contributed by atoms with E-state index in [1.165, 1.54) is 7.05 Å². The molecule has 1 unspecified atom stereocenters. The van der Waals surface area contributed by atoms with Crippen molar-refractivity contribution in [1.29, 1.82) is 0 Å². The number of hydrogen-bond donors (Lipinski definition) is 1. The number of nitrogens with zero attached hydrogens (tertiary/aromatic N) is 3. The summed E-state index contributed by atoms with van der Waals surface area (Å²) in [4.78, 5) is 17.8. The first-order valence-electron chi connectivity index (χ1n) is 4.87. The Morgan fingerprint density at radius 3 is 3.00 bits per heavy atom. The van der Waals surface area contributed by atoms with E-state index in [0.29, 0.717) is 5.84 Å². The third-order valence-corrected chi connectivity index (χ3v) is 2.12. The maximum Gasteiger partial charge on any atom is 0.259 e. The molecule has 1 heterocycles. The normalized spacial score (nSPS) is 13.2. The molecule has 1 atom stereocenters. The summed E-state index contributed by atoms with van der Waals surface area (Å²) in [5.74, 6) is 0.362. The van der Waals surface area contributed by atoms with Crippen molar-refractivity contribution in [3.8, 4) is 0 Å². The van der Waals surface area contributed by atoms with Gasteiger partial charge in [0.1, 0.15) is 0 Å². The van der Waals surface area contributed by atoms with Crippen molar-refractivity contribution in [1.82, 2.24) is 10.3 Å². The van der Waals surface area contributed by atoms with Gasteiger partial charge in [-0.3, -0.25) is 20.1 Å². The first kappa shape index (κ1) is 12.1. The van der Waals surface area contributed by atoms with Crippen LogP contribution in [0.4, 0.5) is 0 Å². The highest BCUT2D eigenvalue weighted by molar-refractivity contribution is 5.83. The maximum absolute atomic E-state index is 10.4. The maximum atomic E-state index is 10.4. The Bertz CT molecular complexity index is 378. The van der Waals surface area contributed by atoms with Crippen molar-refractivity contribution >= 4 is 5.84 Å². The van der Waals surface area contributed by atoms with E-state index in [-0.39, 0.29) is 12.6 Å². The van der Waals surface area contributed by atoms with E-state index in [1.807, 2.05) is 19.1 Å². The van der Waals surface area contributed by atoms with Gasteiger partial charge in [0.2, 0.25) is 0 Å². The molecule has 1 N–H and O–H groups in total. The molecule has 6 nitrogen and oxygen atoms in total. The number of nitro groups is 1. The summed E-state index contributed by atoms with van der Waals surface area (Å²) in [6.07, 6.45) is 3.40. The first-order chi connectivity index (χ1) is 7.63. The molecule has 0 aromatic carbocycles. The van der Waals surface area contributed by atoms with Crippen LogP contribution in [-0.4, -0.2) is 29.3 Å². The Morgan fingerprint density at radius 2 is 2.50 bits per heavy atom. The molecule has 16 heavy (non-hydrogen) atoms. The van der Waals surface area contributed by atoms with Crippen LogP contribution < -0.4 is 5.32 Å². The Kier molecular flexibility index (Phi) is 4.38. The fourth-order valence-electron chi connectivity index (χ4n) is 1.27. The number of nitrogens with one attached hydrogen (secondary N) is 1.